The van der Waals surface area contributed by atoms with Crippen LogP contribution in [0.4, 0.5) is 0 Å². The summed E-state index contributed by atoms with van der Waals surface area (Å²) in [6, 6.07) is 37.7. The first-order chi connectivity index (χ1) is 20.4. The molecule has 1 N–H and O–H groups in total. The van der Waals surface area contributed by atoms with Crippen LogP contribution >= 0.6 is 0 Å². The van der Waals surface area contributed by atoms with Gasteiger partial charge in [-0.3, -0.25) is 4.40 Å². The normalized spacial score (nSPS) is 12.3. The van der Waals surface area contributed by atoms with Gasteiger partial charge < -0.3 is 5.11 Å². The third-order valence-corrected chi connectivity index (χ3v) is 8.43. The van der Waals surface area contributed by atoms with Crippen molar-refractivity contribution in [3.8, 4) is 39.3 Å². The van der Waals surface area contributed by atoms with Crippen molar-refractivity contribution < 1.29 is 5.11 Å². The van der Waals surface area contributed by atoms with Crippen molar-refractivity contribution in [3.63, 3.8) is 0 Å². The summed E-state index contributed by atoms with van der Waals surface area (Å²) in [6.07, 6.45) is 1.85. The monoisotopic (exact) mass is 543 g/mol. The predicted molar refractivity (Wildman–Crippen MR) is 173 cm³/mol. The number of benzene rings is 4. The van der Waals surface area contributed by atoms with E-state index in [0.717, 1.165) is 61.1 Å². The number of fused-ring (bicyclic) bond motifs is 6. The maximum atomic E-state index is 11.0. The van der Waals surface area contributed by atoms with Crippen molar-refractivity contribution in [2.24, 2.45) is 0 Å². The lowest BCUT2D eigenvalue weighted by molar-refractivity contribution is 0.476. The highest BCUT2D eigenvalue weighted by Crippen LogP contribution is 2.41. The Balaban J connectivity index is 1.40. The van der Waals surface area contributed by atoms with Crippen LogP contribution in [0, 0.1) is 0 Å². The first kappa shape index (κ1) is 24.6. The second-order valence-electron chi connectivity index (χ2n) is 12.1. The van der Waals surface area contributed by atoms with E-state index in [4.69, 9.17) is 9.97 Å². The number of pyridine rings is 2. The maximum Gasteiger partial charge on any atom is 0.147 e. The van der Waals surface area contributed by atoms with Crippen LogP contribution in [0.3, 0.4) is 0 Å². The molecule has 4 nitrogen and oxygen atoms in total. The summed E-state index contributed by atoms with van der Waals surface area (Å²) in [4.78, 5) is 10.1. The van der Waals surface area contributed by atoms with Gasteiger partial charge in [-0.25, -0.2) is 9.97 Å². The molecule has 0 spiro atoms. The molecule has 4 aromatic heterocycles. The zero-order valence-electron chi connectivity index (χ0n) is 23.8. The van der Waals surface area contributed by atoms with Crippen LogP contribution in [0.25, 0.3) is 71.9 Å². The van der Waals surface area contributed by atoms with Crippen molar-refractivity contribution in [2.75, 3.05) is 0 Å². The number of phenols is 1. The van der Waals surface area contributed by atoms with E-state index in [-0.39, 0.29) is 11.2 Å². The minimum atomic E-state index is -0.0439. The molecule has 0 saturated carbocycles. The maximum absolute atomic E-state index is 11.0. The van der Waals surface area contributed by atoms with Crippen molar-refractivity contribution >= 4 is 38.4 Å². The van der Waals surface area contributed by atoms with Gasteiger partial charge in [0.25, 0.3) is 0 Å². The van der Waals surface area contributed by atoms with Crippen LogP contribution in [-0.2, 0) is 5.41 Å². The molecule has 0 aliphatic carbocycles. The molecule has 4 aromatic carbocycles. The Morgan fingerprint density at radius 1 is 0.595 bits per heavy atom. The number of phenolic OH excluding ortho intramolecular Hbond substituents is 1. The fourth-order valence-electron chi connectivity index (χ4n) is 6.27. The van der Waals surface area contributed by atoms with Crippen molar-refractivity contribution in [1.82, 2.24) is 14.4 Å². The number of aromatic hydroxyl groups is 1. The number of aromatic nitrogens is 3. The van der Waals surface area contributed by atoms with Crippen LogP contribution < -0.4 is 0 Å². The molecule has 0 bridgehead atoms. The van der Waals surface area contributed by atoms with Gasteiger partial charge in [-0.05, 0) is 82.3 Å². The third kappa shape index (κ3) is 3.68. The second kappa shape index (κ2) is 8.89. The summed E-state index contributed by atoms with van der Waals surface area (Å²) in [5.74, 6) is 0.267. The molecule has 0 saturated heterocycles. The zero-order chi connectivity index (χ0) is 28.6. The minimum absolute atomic E-state index is 0.0439. The summed E-state index contributed by atoms with van der Waals surface area (Å²) in [7, 11) is 0. The van der Waals surface area contributed by atoms with Crippen LogP contribution in [0.5, 0.6) is 5.75 Å². The Hall–Kier alpha value is -5.22. The first-order valence-corrected chi connectivity index (χ1v) is 14.3. The van der Waals surface area contributed by atoms with E-state index in [1.807, 2.05) is 30.5 Å². The molecule has 0 radical (unpaired) electrons. The molecular formula is C38H29N3O. The molecule has 202 valence electrons. The van der Waals surface area contributed by atoms with Gasteiger partial charge in [0.1, 0.15) is 17.0 Å². The van der Waals surface area contributed by atoms with Gasteiger partial charge in [0.05, 0.1) is 11.2 Å². The number of rotatable bonds is 3. The van der Waals surface area contributed by atoms with Gasteiger partial charge in [0.2, 0.25) is 0 Å². The van der Waals surface area contributed by atoms with Crippen LogP contribution in [-0.4, -0.2) is 19.5 Å². The standard InChI is InChI=1S/C38H29N3O/c1-38(2,3)27-14-17-34(42)32(22-27)25-19-24(23-9-5-4-6-10-23)20-26(21-25)33-16-15-31-29-12-7-11-28-30-13-8-18-39-36(30)41(35(28)29)37(31)40-33/h4-22,42H,1-3H3. The van der Waals surface area contributed by atoms with Gasteiger partial charge in [0.15, 0.2) is 0 Å². The Bertz CT molecular complexity index is 2290. The zero-order valence-corrected chi connectivity index (χ0v) is 23.8. The van der Waals surface area contributed by atoms with E-state index < -0.39 is 0 Å². The van der Waals surface area contributed by atoms with Crippen LogP contribution in [0.15, 0.2) is 115 Å². The van der Waals surface area contributed by atoms with Gasteiger partial charge in [0, 0.05) is 38.9 Å². The van der Waals surface area contributed by atoms with Crippen molar-refractivity contribution in [1.29, 1.82) is 0 Å². The summed E-state index contributed by atoms with van der Waals surface area (Å²) in [6.45, 7) is 6.58. The highest BCUT2D eigenvalue weighted by molar-refractivity contribution is 6.22. The van der Waals surface area contributed by atoms with E-state index in [1.165, 1.54) is 16.3 Å². The lowest BCUT2D eigenvalue weighted by atomic mass is 9.84. The fraction of sp³-hybridized carbons (Fsp3) is 0.105. The molecule has 0 aliphatic rings. The lowest BCUT2D eigenvalue weighted by Gasteiger charge is -2.21. The van der Waals surface area contributed by atoms with E-state index >= 15 is 0 Å². The van der Waals surface area contributed by atoms with Crippen molar-refractivity contribution in [2.45, 2.75) is 26.2 Å². The molecule has 42 heavy (non-hydrogen) atoms. The Morgan fingerprint density at radius 3 is 2.10 bits per heavy atom. The topological polar surface area (TPSA) is 50.4 Å². The third-order valence-electron chi connectivity index (χ3n) is 8.43. The number of hydrogen-bond acceptors (Lipinski definition) is 3. The molecule has 0 atom stereocenters. The fourth-order valence-corrected chi connectivity index (χ4v) is 6.27. The molecule has 4 heterocycles. The molecule has 8 aromatic rings. The Morgan fingerprint density at radius 2 is 1.31 bits per heavy atom. The van der Waals surface area contributed by atoms with E-state index in [1.54, 1.807) is 0 Å². The Kier molecular flexibility index (Phi) is 5.20. The minimum Gasteiger partial charge on any atom is -0.507 e. The second-order valence-corrected chi connectivity index (χ2v) is 12.1. The number of nitrogens with zero attached hydrogens (tertiary/aromatic N) is 3. The van der Waals surface area contributed by atoms with E-state index in [9.17, 15) is 5.11 Å². The molecule has 0 amide bonds. The molecule has 8 rings (SSSR count). The van der Waals surface area contributed by atoms with Crippen molar-refractivity contribution in [3.05, 3.63) is 121 Å². The summed E-state index contributed by atoms with van der Waals surface area (Å²) >= 11 is 0. The highest BCUT2D eigenvalue weighted by atomic mass is 16.3. The first-order valence-electron chi connectivity index (χ1n) is 14.3. The molecule has 0 unspecified atom stereocenters. The highest BCUT2D eigenvalue weighted by Gasteiger charge is 2.20. The Labute approximate surface area is 243 Å². The molecule has 0 aliphatic heterocycles. The van der Waals surface area contributed by atoms with Gasteiger partial charge in [-0.2, -0.15) is 0 Å². The smallest absolute Gasteiger partial charge is 0.147 e. The number of hydrogen-bond donors (Lipinski definition) is 1. The average Bonchev–Trinajstić information content (AvgIpc) is 3.53. The molecule has 4 heteroatoms. The van der Waals surface area contributed by atoms with Crippen LogP contribution in [0.2, 0.25) is 0 Å². The average molecular weight is 544 g/mol. The SMILES string of the molecule is CC(C)(C)c1ccc(O)c(-c2cc(-c3ccccc3)cc(-c3ccc4c5cccc6c7cccnc7n(c4n3)c65)c2)c1. The summed E-state index contributed by atoms with van der Waals surface area (Å²) in [5.41, 5.74) is 9.94. The molecular weight excluding hydrogens is 514 g/mol. The summed E-state index contributed by atoms with van der Waals surface area (Å²) < 4.78 is 2.21. The quantitative estimate of drug-likeness (QED) is 0.241. The van der Waals surface area contributed by atoms with E-state index in [2.05, 4.69) is 110 Å². The van der Waals surface area contributed by atoms with E-state index in [0.29, 0.717) is 0 Å². The predicted octanol–water partition coefficient (Wildman–Crippen LogP) is 9.63. The van der Waals surface area contributed by atoms with Gasteiger partial charge in [-0.15, -0.1) is 0 Å². The van der Waals surface area contributed by atoms with Gasteiger partial charge >= 0.3 is 0 Å². The molecule has 0 fully saturated rings. The largest absolute Gasteiger partial charge is 0.507 e. The summed E-state index contributed by atoms with van der Waals surface area (Å²) in [5, 5.41) is 15.7. The number of para-hydroxylation sites is 1. The van der Waals surface area contributed by atoms with Crippen LogP contribution in [0.1, 0.15) is 26.3 Å². The lowest BCUT2D eigenvalue weighted by Crippen LogP contribution is -2.10. The van der Waals surface area contributed by atoms with Gasteiger partial charge in [-0.1, -0.05) is 75.4 Å².